The van der Waals surface area contributed by atoms with Gasteiger partial charge in [0, 0.05) is 35.1 Å². The number of nitrogens with zero attached hydrogens (tertiary/aromatic N) is 1. The molecule has 2 aromatic heterocycles. The number of hydrogen-bond donors (Lipinski definition) is 1. The van der Waals surface area contributed by atoms with E-state index in [9.17, 15) is 0 Å². The van der Waals surface area contributed by atoms with Gasteiger partial charge in [0.05, 0.1) is 0 Å². The van der Waals surface area contributed by atoms with E-state index in [1.54, 1.807) is 11.3 Å². The molecule has 3 rings (SSSR count). The first kappa shape index (κ1) is 11.9. The van der Waals surface area contributed by atoms with Gasteiger partial charge in [0.2, 0.25) is 0 Å². The van der Waals surface area contributed by atoms with Gasteiger partial charge >= 0.3 is 0 Å². The van der Waals surface area contributed by atoms with Gasteiger partial charge < -0.3 is 5.32 Å². The molecular formula is C16H14N2S. The monoisotopic (exact) mass is 266 g/mol. The van der Waals surface area contributed by atoms with E-state index in [0.717, 1.165) is 6.54 Å². The van der Waals surface area contributed by atoms with Crippen molar-refractivity contribution in [2.45, 2.75) is 6.54 Å². The molecule has 0 radical (unpaired) electrons. The molecule has 0 aliphatic rings. The maximum Gasteiger partial charge on any atom is 0.0430 e. The molecule has 0 aliphatic heterocycles. The van der Waals surface area contributed by atoms with E-state index in [1.807, 2.05) is 24.5 Å². The van der Waals surface area contributed by atoms with Gasteiger partial charge in [-0.05, 0) is 35.2 Å². The molecule has 0 amide bonds. The maximum absolute atomic E-state index is 4.03. The van der Waals surface area contributed by atoms with Crippen LogP contribution in [-0.2, 0) is 6.54 Å². The molecule has 0 aliphatic carbocycles. The maximum atomic E-state index is 4.03. The molecule has 0 fully saturated rings. The van der Waals surface area contributed by atoms with Gasteiger partial charge in [-0.25, -0.2) is 0 Å². The van der Waals surface area contributed by atoms with Gasteiger partial charge in [-0.2, -0.15) is 0 Å². The zero-order valence-corrected chi connectivity index (χ0v) is 11.2. The smallest absolute Gasteiger partial charge is 0.0430 e. The van der Waals surface area contributed by atoms with Crippen molar-refractivity contribution >= 4 is 17.0 Å². The van der Waals surface area contributed by atoms with Gasteiger partial charge in [0.1, 0.15) is 0 Å². The first-order valence-corrected chi connectivity index (χ1v) is 7.07. The molecule has 0 saturated carbocycles. The zero-order valence-electron chi connectivity index (χ0n) is 10.4. The summed E-state index contributed by atoms with van der Waals surface area (Å²) in [7, 11) is 0. The number of pyridine rings is 1. The number of para-hydroxylation sites is 1. The molecule has 3 heteroatoms. The van der Waals surface area contributed by atoms with Crippen LogP contribution in [0.1, 0.15) is 5.56 Å². The predicted octanol–water partition coefficient (Wildman–Crippen LogP) is 4.42. The van der Waals surface area contributed by atoms with Crippen LogP contribution < -0.4 is 5.32 Å². The van der Waals surface area contributed by atoms with E-state index >= 15 is 0 Å². The summed E-state index contributed by atoms with van der Waals surface area (Å²) >= 11 is 1.76. The minimum Gasteiger partial charge on any atom is -0.380 e. The Kier molecular flexibility index (Phi) is 3.56. The van der Waals surface area contributed by atoms with Crippen LogP contribution in [0.4, 0.5) is 5.69 Å². The molecular weight excluding hydrogens is 252 g/mol. The Morgan fingerprint density at radius 3 is 2.58 bits per heavy atom. The second kappa shape index (κ2) is 5.67. The summed E-state index contributed by atoms with van der Waals surface area (Å²) in [5, 5.41) is 5.60. The molecule has 0 saturated heterocycles. The lowest BCUT2D eigenvalue weighted by Gasteiger charge is -2.10. The summed E-state index contributed by atoms with van der Waals surface area (Å²) in [4.78, 5) is 5.32. The second-order valence-electron chi connectivity index (χ2n) is 4.23. The fourth-order valence-corrected chi connectivity index (χ4v) is 2.75. The van der Waals surface area contributed by atoms with Crippen LogP contribution in [0.5, 0.6) is 0 Å². The van der Waals surface area contributed by atoms with E-state index in [4.69, 9.17) is 0 Å². The molecule has 0 spiro atoms. The lowest BCUT2D eigenvalue weighted by atomic mass is 10.1. The highest BCUT2D eigenvalue weighted by Gasteiger charge is 2.04. The topological polar surface area (TPSA) is 24.9 Å². The standard InChI is InChI=1S/C16H14N2S/c1-2-5-15(14(4-1)16-6-3-11-19-16)18-12-13-7-9-17-10-8-13/h1-11,18H,12H2. The van der Waals surface area contributed by atoms with Crippen molar-refractivity contribution in [3.05, 3.63) is 71.9 Å². The average Bonchev–Trinajstić information content (AvgIpc) is 3.01. The molecule has 0 bridgehead atoms. The molecule has 1 N–H and O–H groups in total. The number of anilines is 1. The third-order valence-electron chi connectivity index (χ3n) is 2.95. The van der Waals surface area contributed by atoms with Crippen LogP contribution in [-0.4, -0.2) is 4.98 Å². The van der Waals surface area contributed by atoms with E-state index in [1.165, 1.54) is 21.7 Å². The zero-order chi connectivity index (χ0) is 12.9. The molecule has 1 aromatic carbocycles. The molecule has 19 heavy (non-hydrogen) atoms. The lowest BCUT2D eigenvalue weighted by molar-refractivity contribution is 1.13. The van der Waals surface area contributed by atoms with Crippen LogP contribution in [0.15, 0.2) is 66.3 Å². The van der Waals surface area contributed by atoms with Crippen LogP contribution in [0.2, 0.25) is 0 Å². The summed E-state index contributed by atoms with van der Waals surface area (Å²) in [5.74, 6) is 0. The van der Waals surface area contributed by atoms with Crippen LogP contribution >= 0.6 is 11.3 Å². The Morgan fingerprint density at radius 2 is 1.79 bits per heavy atom. The van der Waals surface area contributed by atoms with Crippen molar-refractivity contribution in [1.29, 1.82) is 0 Å². The van der Waals surface area contributed by atoms with Crippen LogP contribution in [0, 0.1) is 0 Å². The number of thiophene rings is 1. The third-order valence-corrected chi connectivity index (χ3v) is 3.85. The second-order valence-corrected chi connectivity index (χ2v) is 5.18. The lowest BCUT2D eigenvalue weighted by Crippen LogP contribution is -2.00. The SMILES string of the molecule is c1csc(-c2ccccc2NCc2ccncc2)c1. The minimum atomic E-state index is 0.810. The van der Waals surface area contributed by atoms with Gasteiger partial charge in [-0.1, -0.05) is 24.3 Å². The minimum absolute atomic E-state index is 0.810. The number of rotatable bonds is 4. The summed E-state index contributed by atoms with van der Waals surface area (Å²) in [6.45, 7) is 0.810. The molecule has 0 atom stereocenters. The van der Waals surface area contributed by atoms with E-state index < -0.39 is 0 Å². The van der Waals surface area contributed by atoms with Crippen molar-refractivity contribution in [3.8, 4) is 10.4 Å². The summed E-state index contributed by atoms with van der Waals surface area (Å²) < 4.78 is 0. The Morgan fingerprint density at radius 1 is 0.947 bits per heavy atom. The largest absolute Gasteiger partial charge is 0.380 e. The molecule has 3 aromatic rings. The number of benzene rings is 1. The predicted molar refractivity (Wildman–Crippen MR) is 81.3 cm³/mol. The third kappa shape index (κ3) is 2.83. The van der Waals surface area contributed by atoms with Gasteiger partial charge in [-0.3, -0.25) is 4.98 Å². The van der Waals surface area contributed by atoms with E-state index in [-0.39, 0.29) is 0 Å². The van der Waals surface area contributed by atoms with Crippen molar-refractivity contribution in [2.24, 2.45) is 0 Å². The van der Waals surface area contributed by atoms with E-state index in [0.29, 0.717) is 0 Å². The van der Waals surface area contributed by atoms with Crippen LogP contribution in [0.25, 0.3) is 10.4 Å². The Hall–Kier alpha value is -2.13. The highest BCUT2D eigenvalue weighted by Crippen LogP contribution is 2.31. The summed E-state index contributed by atoms with van der Waals surface area (Å²) in [5.41, 5.74) is 3.66. The van der Waals surface area contributed by atoms with Crippen molar-refractivity contribution in [2.75, 3.05) is 5.32 Å². The van der Waals surface area contributed by atoms with Crippen molar-refractivity contribution in [3.63, 3.8) is 0 Å². The number of aromatic nitrogens is 1. The number of hydrogen-bond acceptors (Lipinski definition) is 3. The van der Waals surface area contributed by atoms with E-state index in [2.05, 4.69) is 52.1 Å². The fourth-order valence-electron chi connectivity index (χ4n) is 1.98. The number of nitrogens with one attached hydrogen (secondary N) is 1. The van der Waals surface area contributed by atoms with Gasteiger partial charge in [0.25, 0.3) is 0 Å². The van der Waals surface area contributed by atoms with Crippen molar-refractivity contribution < 1.29 is 0 Å². The molecule has 2 nitrogen and oxygen atoms in total. The van der Waals surface area contributed by atoms with Gasteiger partial charge in [0.15, 0.2) is 0 Å². The van der Waals surface area contributed by atoms with Gasteiger partial charge in [-0.15, -0.1) is 11.3 Å². The molecule has 94 valence electrons. The Balaban J connectivity index is 1.82. The summed E-state index contributed by atoms with van der Waals surface area (Å²) in [6, 6.07) is 16.7. The fraction of sp³-hybridized carbons (Fsp3) is 0.0625. The van der Waals surface area contributed by atoms with Crippen LogP contribution in [0.3, 0.4) is 0 Å². The normalized spacial score (nSPS) is 10.3. The first-order valence-electron chi connectivity index (χ1n) is 6.19. The average molecular weight is 266 g/mol. The Labute approximate surface area is 116 Å². The highest BCUT2D eigenvalue weighted by atomic mass is 32.1. The van der Waals surface area contributed by atoms with Crippen molar-refractivity contribution in [1.82, 2.24) is 4.98 Å². The molecule has 0 unspecified atom stereocenters. The first-order chi connectivity index (χ1) is 9.43. The quantitative estimate of drug-likeness (QED) is 0.756. The highest BCUT2D eigenvalue weighted by molar-refractivity contribution is 7.13. The molecule has 2 heterocycles. The Bertz CT molecular complexity index is 633. The summed E-state index contributed by atoms with van der Waals surface area (Å²) in [6.07, 6.45) is 3.64.